The van der Waals surface area contributed by atoms with E-state index in [9.17, 15) is 9.18 Å². The van der Waals surface area contributed by atoms with Gasteiger partial charge in [-0.1, -0.05) is 29.4 Å². The first-order valence-corrected chi connectivity index (χ1v) is 13.8. The van der Waals surface area contributed by atoms with Gasteiger partial charge in [-0.15, -0.1) is 0 Å². The van der Waals surface area contributed by atoms with E-state index in [-0.39, 0.29) is 45.6 Å². The van der Waals surface area contributed by atoms with Crippen LogP contribution in [0.25, 0.3) is 22.0 Å². The number of ether oxygens (including phenoxy) is 2. The Balaban J connectivity index is 1.83. The molecule has 0 N–H and O–H groups in total. The van der Waals surface area contributed by atoms with Crippen molar-refractivity contribution in [2.45, 2.75) is 57.5 Å². The molecule has 7 nitrogen and oxygen atoms in total. The lowest BCUT2D eigenvalue weighted by atomic mass is 10.00. The summed E-state index contributed by atoms with van der Waals surface area (Å²) in [4.78, 5) is 25.7. The van der Waals surface area contributed by atoms with Crippen LogP contribution in [0.3, 0.4) is 0 Å². The fraction of sp³-hybridized carbons (Fsp3) is 0.444. The van der Waals surface area contributed by atoms with Crippen molar-refractivity contribution in [2.24, 2.45) is 0 Å². The summed E-state index contributed by atoms with van der Waals surface area (Å²) in [6, 6.07) is 5.45. The van der Waals surface area contributed by atoms with Crippen LogP contribution in [0.15, 0.2) is 29.4 Å². The van der Waals surface area contributed by atoms with Gasteiger partial charge in [0.15, 0.2) is 11.0 Å². The molecule has 2 atom stereocenters. The molecule has 3 aromatic rings. The average molecular weight is 565 g/mol. The predicted molar refractivity (Wildman–Crippen MR) is 147 cm³/mol. The number of fused-ring (bicyclic) bond motifs is 1. The maximum atomic E-state index is 16.2. The maximum absolute atomic E-state index is 16.2. The fourth-order valence-corrected chi connectivity index (χ4v) is 5.26. The number of benzene rings is 2. The zero-order valence-electron chi connectivity index (χ0n) is 22.4. The Kier molecular flexibility index (Phi) is 7.95. The molecule has 0 radical (unpaired) electrons. The molecule has 0 spiro atoms. The molecule has 0 aliphatic carbocycles. The molecule has 2 heterocycles. The molecule has 38 heavy (non-hydrogen) atoms. The van der Waals surface area contributed by atoms with Gasteiger partial charge in [-0.05, 0) is 59.1 Å². The Morgan fingerprint density at radius 1 is 1.13 bits per heavy atom. The Morgan fingerprint density at radius 2 is 1.84 bits per heavy atom. The largest absolute Gasteiger partial charge is 0.496 e. The first-order valence-electron chi connectivity index (χ1n) is 12.2. The summed E-state index contributed by atoms with van der Waals surface area (Å²) < 4.78 is 42.0. The van der Waals surface area contributed by atoms with Gasteiger partial charge in [0.1, 0.15) is 28.5 Å². The number of piperazine rings is 1. The van der Waals surface area contributed by atoms with Crippen molar-refractivity contribution in [2.75, 3.05) is 31.4 Å². The minimum atomic E-state index is -0.761. The Bertz CT molecular complexity index is 1380. The molecule has 11 heteroatoms. The molecule has 204 valence electrons. The third-order valence-electron chi connectivity index (χ3n) is 6.36. The zero-order valence-corrected chi connectivity index (χ0v) is 24.0. The number of hydrogen-bond donors (Lipinski definition) is 0. The minimum Gasteiger partial charge on any atom is -0.496 e. The molecule has 0 bridgehead atoms. The molecule has 0 unspecified atom stereocenters. The van der Waals surface area contributed by atoms with E-state index in [1.807, 2.05) is 39.5 Å². The van der Waals surface area contributed by atoms with Crippen molar-refractivity contribution in [3.63, 3.8) is 0 Å². The highest BCUT2D eigenvalue weighted by molar-refractivity contribution is 7.98. The highest BCUT2D eigenvalue weighted by Crippen LogP contribution is 2.43. The normalized spacial score (nSPS) is 18.2. The van der Waals surface area contributed by atoms with Crippen LogP contribution in [0, 0.1) is 11.6 Å². The second-order valence-electron chi connectivity index (χ2n) is 10.3. The summed E-state index contributed by atoms with van der Waals surface area (Å²) in [6.45, 7) is 10.2. The van der Waals surface area contributed by atoms with Crippen molar-refractivity contribution >= 4 is 46.2 Å². The third kappa shape index (κ3) is 5.33. The topological polar surface area (TPSA) is 67.8 Å². The van der Waals surface area contributed by atoms with Crippen molar-refractivity contribution in [3.05, 3.63) is 40.9 Å². The van der Waals surface area contributed by atoms with E-state index in [1.54, 1.807) is 23.3 Å². The first-order chi connectivity index (χ1) is 17.9. The molecular weight excluding hydrogens is 534 g/mol. The number of thioether (sulfide) groups is 1. The minimum absolute atomic E-state index is 0.00763. The Labute approximate surface area is 230 Å². The van der Waals surface area contributed by atoms with E-state index < -0.39 is 17.2 Å². The number of carbonyl (C=O) groups is 1. The van der Waals surface area contributed by atoms with Crippen LogP contribution in [0.5, 0.6) is 5.75 Å². The first kappa shape index (κ1) is 28.2. The summed E-state index contributed by atoms with van der Waals surface area (Å²) in [5.74, 6) is -0.770. The van der Waals surface area contributed by atoms with Gasteiger partial charge < -0.3 is 19.3 Å². The highest BCUT2D eigenvalue weighted by Gasteiger charge is 2.36. The summed E-state index contributed by atoms with van der Waals surface area (Å²) in [6.07, 6.45) is 1.41. The maximum Gasteiger partial charge on any atom is 0.410 e. The molecule has 1 fully saturated rings. The molecular formula is C27H31ClF2N4O3S. The zero-order chi connectivity index (χ0) is 27.9. The highest BCUT2D eigenvalue weighted by atomic mass is 35.5. The number of methoxy groups -OCH3 is 1. The Hall–Kier alpha value is -2.85. The van der Waals surface area contributed by atoms with Gasteiger partial charge in [-0.2, -0.15) is 0 Å². The van der Waals surface area contributed by atoms with Crippen molar-refractivity contribution in [1.29, 1.82) is 0 Å². The van der Waals surface area contributed by atoms with Crippen LogP contribution in [-0.4, -0.2) is 65.1 Å². The van der Waals surface area contributed by atoms with Gasteiger partial charge in [0.25, 0.3) is 0 Å². The number of anilines is 1. The lowest BCUT2D eigenvalue weighted by Gasteiger charge is -2.45. The number of hydrogen-bond acceptors (Lipinski definition) is 7. The van der Waals surface area contributed by atoms with Crippen molar-refractivity contribution in [1.82, 2.24) is 14.9 Å². The van der Waals surface area contributed by atoms with E-state index in [1.165, 1.54) is 31.0 Å². The van der Waals surface area contributed by atoms with E-state index in [0.29, 0.717) is 29.5 Å². The summed E-state index contributed by atoms with van der Waals surface area (Å²) in [5, 5.41) is 0.761. The smallest absolute Gasteiger partial charge is 0.410 e. The number of carbonyl (C=O) groups excluding carboxylic acids is 1. The second-order valence-corrected chi connectivity index (χ2v) is 11.5. The monoisotopic (exact) mass is 564 g/mol. The van der Waals surface area contributed by atoms with Gasteiger partial charge in [0.05, 0.1) is 17.7 Å². The molecule has 1 aromatic heterocycles. The standard InChI is InChI=1S/C27H31ClF2N4O3S/c1-14-13-34(26(35)37-27(3,4)5)15(2)12-33(14)24-16-11-17(28)20(21-18(29)9-8-10-19(21)36-6)22(30)23(16)31-25(32-24)38-7/h8-11,14-15H,12-13H2,1-7H3/t14-,15+/m0/s1. The van der Waals surface area contributed by atoms with Crippen LogP contribution in [-0.2, 0) is 4.74 Å². The number of halogens is 3. The molecule has 2 aromatic carbocycles. The molecule has 1 saturated heterocycles. The lowest BCUT2D eigenvalue weighted by molar-refractivity contribution is 0.0130. The summed E-state index contributed by atoms with van der Waals surface area (Å²) in [5.41, 5.74) is -0.779. The van der Waals surface area contributed by atoms with Crippen molar-refractivity contribution in [3.8, 4) is 16.9 Å². The van der Waals surface area contributed by atoms with Gasteiger partial charge in [0.2, 0.25) is 0 Å². The van der Waals surface area contributed by atoms with Crippen LogP contribution >= 0.6 is 23.4 Å². The third-order valence-corrected chi connectivity index (χ3v) is 7.20. The molecule has 1 aliphatic heterocycles. The SMILES string of the molecule is COc1cccc(F)c1-c1c(Cl)cc2c(N3C[C@@H](C)N(C(=O)OC(C)(C)C)C[C@@H]3C)nc(SC)nc2c1F. The fourth-order valence-electron chi connectivity index (χ4n) is 4.61. The van der Waals surface area contributed by atoms with Crippen LogP contribution in [0.4, 0.5) is 19.4 Å². The molecule has 1 aliphatic rings. The quantitative estimate of drug-likeness (QED) is 0.255. The van der Waals surface area contributed by atoms with E-state index in [4.69, 9.17) is 26.1 Å². The summed E-state index contributed by atoms with van der Waals surface area (Å²) in [7, 11) is 1.39. The van der Waals surface area contributed by atoms with E-state index >= 15 is 4.39 Å². The average Bonchev–Trinajstić information content (AvgIpc) is 2.84. The van der Waals surface area contributed by atoms with Gasteiger partial charge in [-0.3, -0.25) is 0 Å². The van der Waals surface area contributed by atoms with Crippen LogP contribution in [0.1, 0.15) is 34.6 Å². The molecule has 0 saturated carbocycles. The molecule has 1 amide bonds. The second kappa shape index (κ2) is 10.7. The van der Waals surface area contributed by atoms with Gasteiger partial charge in [0, 0.05) is 36.1 Å². The van der Waals surface area contributed by atoms with E-state index in [0.717, 1.165) is 0 Å². The lowest BCUT2D eigenvalue weighted by Crippen LogP contribution is -2.59. The predicted octanol–water partition coefficient (Wildman–Crippen LogP) is 6.79. The van der Waals surface area contributed by atoms with Crippen LogP contribution in [0.2, 0.25) is 5.02 Å². The van der Waals surface area contributed by atoms with Gasteiger partial charge in [-0.25, -0.2) is 23.5 Å². The number of rotatable bonds is 4. The number of aromatic nitrogens is 2. The van der Waals surface area contributed by atoms with Crippen molar-refractivity contribution < 1.29 is 23.0 Å². The van der Waals surface area contributed by atoms with E-state index in [2.05, 4.69) is 4.98 Å². The van der Waals surface area contributed by atoms with Crippen LogP contribution < -0.4 is 9.64 Å². The van der Waals surface area contributed by atoms with Gasteiger partial charge >= 0.3 is 6.09 Å². The Morgan fingerprint density at radius 3 is 2.47 bits per heavy atom. The summed E-state index contributed by atoms with van der Waals surface area (Å²) >= 11 is 7.88. The molecule has 4 rings (SSSR count). The number of nitrogens with zero attached hydrogens (tertiary/aromatic N) is 4. The number of amides is 1.